The number of carbonyl (C=O) groups is 1. The Bertz CT molecular complexity index is 358. The molecule has 0 radical (unpaired) electrons. The molecule has 4 rings (SSSR count). The largest absolute Gasteiger partial charge is 0.444 e. The summed E-state index contributed by atoms with van der Waals surface area (Å²) in [6.07, 6.45) is 5.62. The van der Waals surface area contributed by atoms with Gasteiger partial charge in [0.1, 0.15) is 5.60 Å². The minimum atomic E-state index is -0.432. The van der Waals surface area contributed by atoms with Gasteiger partial charge in [-0.2, -0.15) is 0 Å². The zero-order valence-electron chi connectivity index (χ0n) is 12.2. The van der Waals surface area contributed by atoms with Crippen LogP contribution in [0.4, 0.5) is 4.79 Å². The van der Waals surface area contributed by atoms with Gasteiger partial charge in [0.25, 0.3) is 0 Å². The van der Waals surface area contributed by atoms with Crippen molar-refractivity contribution < 1.29 is 14.3 Å². The monoisotopic (exact) mass is 267 g/mol. The predicted octanol–water partition coefficient (Wildman–Crippen LogP) is 2.86. The molecule has 108 valence electrons. The Morgan fingerprint density at radius 2 is 1.95 bits per heavy atom. The third kappa shape index (κ3) is 2.88. The SMILES string of the molecule is CC(C)(C)OC(=O)NC12CC3COC(CC(C3)C1)C2. The summed E-state index contributed by atoms with van der Waals surface area (Å²) < 4.78 is 11.4. The molecule has 0 aromatic heterocycles. The number of hydrogen-bond donors (Lipinski definition) is 1. The van der Waals surface area contributed by atoms with Gasteiger partial charge in [0.05, 0.1) is 6.10 Å². The number of amides is 1. The molecule has 2 aliphatic carbocycles. The highest BCUT2D eigenvalue weighted by Crippen LogP contribution is 2.49. The number of rotatable bonds is 1. The Labute approximate surface area is 115 Å². The van der Waals surface area contributed by atoms with Crippen LogP contribution in [-0.2, 0) is 9.47 Å². The minimum Gasteiger partial charge on any atom is -0.444 e. The first-order chi connectivity index (χ1) is 8.84. The average molecular weight is 267 g/mol. The number of carbonyl (C=O) groups excluding carboxylic acids is 1. The van der Waals surface area contributed by atoms with Crippen LogP contribution in [0, 0.1) is 11.8 Å². The number of ether oxygens (including phenoxy) is 2. The van der Waals surface area contributed by atoms with Crippen molar-refractivity contribution in [1.29, 1.82) is 0 Å². The van der Waals surface area contributed by atoms with E-state index in [4.69, 9.17) is 9.47 Å². The quantitative estimate of drug-likeness (QED) is 0.794. The molecule has 4 heteroatoms. The maximum atomic E-state index is 12.1. The van der Waals surface area contributed by atoms with Crippen LogP contribution in [0.1, 0.15) is 52.9 Å². The van der Waals surface area contributed by atoms with E-state index in [9.17, 15) is 4.79 Å². The van der Waals surface area contributed by atoms with Gasteiger partial charge in [-0.25, -0.2) is 4.79 Å². The second-order valence-electron chi connectivity index (χ2n) is 7.68. The fourth-order valence-electron chi connectivity index (χ4n) is 4.26. The van der Waals surface area contributed by atoms with Crippen molar-refractivity contribution >= 4 is 6.09 Å². The highest BCUT2D eigenvalue weighted by molar-refractivity contribution is 5.69. The maximum Gasteiger partial charge on any atom is 0.408 e. The smallest absolute Gasteiger partial charge is 0.408 e. The van der Waals surface area contributed by atoms with Crippen LogP contribution in [0.2, 0.25) is 0 Å². The van der Waals surface area contributed by atoms with Crippen LogP contribution in [0.15, 0.2) is 0 Å². The van der Waals surface area contributed by atoms with Crippen molar-refractivity contribution in [3.8, 4) is 0 Å². The van der Waals surface area contributed by atoms with E-state index in [0.717, 1.165) is 31.8 Å². The lowest BCUT2D eigenvalue weighted by atomic mass is 9.64. The van der Waals surface area contributed by atoms with Crippen molar-refractivity contribution in [1.82, 2.24) is 5.32 Å². The Morgan fingerprint density at radius 1 is 1.21 bits per heavy atom. The molecule has 2 saturated carbocycles. The lowest BCUT2D eigenvalue weighted by Gasteiger charge is -2.47. The molecule has 4 atom stereocenters. The standard InChI is InChI=1S/C15H25NO3/c1-14(2,3)19-13(17)16-15-6-10-4-11(7-15)9-18-12(5-10)8-15/h10-12H,4-9H2,1-3H3,(H,16,17). The number of nitrogens with one attached hydrogen (secondary N) is 1. The van der Waals surface area contributed by atoms with E-state index >= 15 is 0 Å². The Morgan fingerprint density at radius 3 is 2.68 bits per heavy atom. The fourth-order valence-corrected chi connectivity index (χ4v) is 4.26. The molecule has 19 heavy (non-hydrogen) atoms. The summed E-state index contributed by atoms with van der Waals surface area (Å²) in [6, 6.07) is 0. The van der Waals surface area contributed by atoms with E-state index in [1.165, 1.54) is 12.8 Å². The second-order valence-corrected chi connectivity index (χ2v) is 7.68. The highest BCUT2D eigenvalue weighted by Gasteiger charge is 2.50. The summed E-state index contributed by atoms with van der Waals surface area (Å²) in [7, 11) is 0. The van der Waals surface area contributed by atoms with Crippen molar-refractivity contribution in [2.24, 2.45) is 11.8 Å². The zero-order valence-corrected chi connectivity index (χ0v) is 12.2. The number of alkyl carbamates (subject to hydrolysis) is 1. The zero-order chi connectivity index (χ0) is 13.7. The van der Waals surface area contributed by atoms with Crippen LogP contribution in [-0.4, -0.2) is 29.9 Å². The van der Waals surface area contributed by atoms with Gasteiger partial charge in [0.2, 0.25) is 0 Å². The van der Waals surface area contributed by atoms with Gasteiger partial charge in [-0.1, -0.05) is 0 Å². The molecule has 1 N–H and O–H groups in total. The molecule has 4 bridgehead atoms. The van der Waals surface area contributed by atoms with Gasteiger partial charge >= 0.3 is 6.09 Å². The molecule has 2 aliphatic heterocycles. The summed E-state index contributed by atoms with van der Waals surface area (Å²) in [5.74, 6) is 1.33. The number of hydrogen-bond acceptors (Lipinski definition) is 3. The molecule has 4 unspecified atom stereocenters. The van der Waals surface area contributed by atoms with Crippen LogP contribution in [0.3, 0.4) is 0 Å². The molecular formula is C15H25NO3. The lowest BCUT2D eigenvalue weighted by molar-refractivity contribution is 0.00573. The highest BCUT2D eigenvalue weighted by atomic mass is 16.6. The topological polar surface area (TPSA) is 47.6 Å². The van der Waals surface area contributed by atoms with Crippen LogP contribution >= 0.6 is 0 Å². The summed E-state index contributed by atoms with van der Waals surface area (Å²) in [6.45, 7) is 6.59. The summed E-state index contributed by atoms with van der Waals surface area (Å²) in [5.41, 5.74) is -0.506. The Hall–Kier alpha value is -0.770. The van der Waals surface area contributed by atoms with Gasteiger partial charge in [-0.3, -0.25) is 0 Å². The van der Waals surface area contributed by atoms with Crippen molar-refractivity contribution in [3.05, 3.63) is 0 Å². The molecule has 1 amide bonds. The van der Waals surface area contributed by atoms with E-state index in [2.05, 4.69) is 5.32 Å². The number of fused-ring (bicyclic) bond motifs is 1. The van der Waals surface area contributed by atoms with Gasteiger partial charge < -0.3 is 14.8 Å². The minimum absolute atomic E-state index is 0.0741. The third-order valence-electron chi connectivity index (χ3n) is 4.57. The molecule has 4 nitrogen and oxygen atoms in total. The van der Waals surface area contributed by atoms with Gasteiger partial charge in [-0.05, 0) is 64.7 Å². The molecule has 4 aliphatic rings. The normalized spacial score (nSPS) is 40.9. The van der Waals surface area contributed by atoms with Gasteiger partial charge in [0, 0.05) is 12.1 Å². The first-order valence-electron chi connectivity index (χ1n) is 7.46. The summed E-state index contributed by atoms with van der Waals surface area (Å²) >= 11 is 0. The maximum absolute atomic E-state index is 12.1. The average Bonchev–Trinajstić information content (AvgIpc) is 2.40. The van der Waals surface area contributed by atoms with Crippen molar-refractivity contribution in [2.45, 2.75) is 70.1 Å². The van der Waals surface area contributed by atoms with Crippen molar-refractivity contribution in [2.75, 3.05) is 6.61 Å². The Balaban J connectivity index is 1.71. The molecule has 4 fully saturated rings. The van der Waals surface area contributed by atoms with E-state index in [1.54, 1.807) is 0 Å². The first-order valence-corrected chi connectivity index (χ1v) is 7.46. The van der Waals surface area contributed by atoms with E-state index < -0.39 is 5.60 Å². The lowest BCUT2D eigenvalue weighted by Crippen LogP contribution is -2.57. The van der Waals surface area contributed by atoms with E-state index in [0.29, 0.717) is 12.0 Å². The first kappa shape index (κ1) is 13.2. The van der Waals surface area contributed by atoms with E-state index in [-0.39, 0.29) is 11.6 Å². The third-order valence-corrected chi connectivity index (χ3v) is 4.57. The molecule has 0 spiro atoms. The van der Waals surface area contributed by atoms with Gasteiger partial charge in [0.15, 0.2) is 0 Å². The summed E-state index contributed by atoms with van der Waals surface area (Å²) in [5, 5.41) is 3.18. The predicted molar refractivity (Wildman–Crippen MR) is 71.9 cm³/mol. The van der Waals surface area contributed by atoms with Crippen LogP contribution in [0.25, 0.3) is 0 Å². The molecule has 0 aromatic rings. The molecule has 0 aromatic carbocycles. The molecular weight excluding hydrogens is 242 g/mol. The van der Waals surface area contributed by atoms with Crippen LogP contribution < -0.4 is 5.32 Å². The molecule has 2 heterocycles. The van der Waals surface area contributed by atoms with Crippen LogP contribution in [0.5, 0.6) is 0 Å². The van der Waals surface area contributed by atoms with Gasteiger partial charge in [-0.15, -0.1) is 0 Å². The Kier molecular flexibility index (Phi) is 3.04. The molecule has 2 saturated heterocycles. The summed E-state index contributed by atoms with van der Waals surface area (Å²) in [4.78, 5) is 12.1. The van der Waals surface area contributed by atoms with Crippen molar-refractivity contribution in [3.63, 3.8) is 0 Å². The van der Waals surface area contributed by atoms with E-state index in [1.807, 2.05) is 20.8 Å². The fraction of sp³-hybridized carbons (Fsp3) is 0.933. The second kappa shape index (κ2) is 4.37.